The van der Waals surface area contributed by atoms with Crippen molar-refractivity contribution >= 4 is 5.91 Å². The average molecular weight is 321 g/mol. The Morgan fingerprint density at radius 2 is 2.13 bits per heavy atom. The van der Waals surface area contributed by atoms with Gasteiger partial charge in [-0.15, -0.1) is 0 Å². The summed E-state index contributed by atoms with van der Waals surface area (Å²) in [7, 11) is 1.75. The SMILES string of the molecule is COC1CCOC2(CCN(C(=O)Cc3ccccc3F)CC2)C1. The molecule has 0 bridgehead atoms. The zero-order chi connectivity index (χ0) is 16.3. The summed E-state index contributed by atoms with van der Waals surface area (Å²) in [5, 5.41) is 0. The Balaban J connectivity index is 1.56. The van der Waals surface area contributed by atoms with Crippen molar-refractivity contribution in [1.29, 1.82) is 0 Å². The van der Waals surface area contributed by atoms with Crippen LogP contribution >= 0.6 is 0 Å². The lowest BCUT2D eigenvalue weighted by atomic mass is 9.83. The Morgan fingerprint density at radius 1 is 1.39 bits per heavy atom. The largest absolute Gasteiger partial charge is 0.381 e. The molecule has 3 rings (SSSR count). The van der Waals surface area contributed by atoms with Crippen LogP contribution in [0.15, 0.2) is 24.3 Å². The molecule has 0 N–H and O–H groups in total. The van der Waals surface area contributed by atoms with Crippen LogP contribution in [0.25, 0.3) is 0 Å². The van der Waals surface area contributed by atoms with E-state index in [1.807, 2.05) is 4.90 Å². The molecular formula is C18H24FNO3. The van der Waals surface area contributed by atoms with Crippen LogP contribution in [0.1, 0.15) is 31.2 Å². The molecule has 23 heavy (non-hydrogen) atoms. The number of rotatable bonds is 3. The van der Waals surface area contributed by atoms with Crippen LogP contribution in [0, 0.1) is 5.82 Å². The van der Waals surface area contributed by atoms with E-state index in [9.17, 15) is 9.18 Å². The van der Waals surface area contributed by atoms with Gasteiger partial charge in [0.05, 0.1) is 18.1 Å². The molecule has 1 atom stereocenters. The number of nitrogens with zero attached hydrogens (tertiary/aromatic N) is 1. The molecule has 2 aliphatic heterocycles. The number of carbonyl (C=O) groups is 1. The first-order chi connectivity index (χ1) is 11.1. The molecule has 0 aromatic heterocycles. The van der Waals surface area contributed by atoms with Crippen molar-refractivity contribution in [3.63, 3.8) is 0 Å². The van der Waals surface area contributed by atoms with Gasteiger partial charge in [0.25, 0.3) is 0 Å². The van der Waals surface area contributed by atoms with E-state index >= 15 is 0 Å². The molecule has 1 aromatic carbocycles. The van der Waals surface area contributed by atoms with Crippen molar-refractivity contribution in [2.24, 2.45) is 0 Å². The van der Waals surface area contributed by atoms with Gasteiger partial charge < -0.3 is 14.4 Å². The first-order valence-electron chi connectivity index (χ1n) is 8.30. The molecule has 2 fully saturated rings. The van der Waals surface area contributed by atoms with Crippen LogP contribution < -0.4 is 0 Å². The van der Waals surface area contributed by atoms with E-state index in [4.69, 9.17) is 9.47 Å². The van der Waals surface area contributed by atoms with E-state index in [-0.39, 0.29) is 29.9 Å². The second-order valence-corrected chi connectivity index (χ2v) is 6.53. The van der Waals surface area contributed by atoms with Gasteiger partial charge in [-0.25, -0.2) is 4.39 Å². The predicted octanol–water partition coefficient (Wildman–Crippen LogP) is 2.55. The highest BCUT2D eigenvalue weighted by molar-refractivity contribution is 5.79. The molecule has 1 spiro atoms. The van der Waals surface area contributed by atoms with Gasteiger partial charge in [0.2, 0.25) is 5.91 Å². The molecule has 4 nitrogen and oxygen atoms in total. The van der Waals surface area contributed by atoms with Gasteiger partial charge in [-0.1, -0.05) is 18.2 Å². The third kappa shape index (κ3) is 3.72. The molecule has 2 heterocycles. The molecule has 5 heteroatoms. The summed E-state index contributed by atoms with van der Waals surface area (Å²) in [4.78, 5) is 14.2. The maximum atomic E-state index is 13.7. The predicted molar refractivity (Wildman–Crippen MR) is 84.6 cm³/mol. The lowest BCUT2D eigenvalue weighted by Gasteiger charge is -2.45. The minimum absolute atomic E-state index is 0.0101. The third-order valence-corrected chi connectivity index (χ3v) is 5.11. The summed E-state index contributed by atoms with van der Waals surface area (Å²) in [6.45, 7) is 2.06. The highest BCUT2D eigenvalue weighted by Gasteiger charge is 2.41. The Labute approximate surface area is 136 Å². The molecule has 1 aromatic rings. The molecule has 0 aliphatic carbocycles. The van der Waals surface area contributed by atoms with Crippen LogP contribution in [0.3, 0.4) is 0 Å². The van der Waals surface area contributed by atoms with E-state index < -0.39 is 0 Å². The highest BCUT2D eigenvalue weighted by Crippen LogP contribution is 2.36. The van der Waals surface area contributed by atoms with Crippen molar-refractivity contribution in [3.05, 3.63) is 35.6 Å². The number of carbonyl (C=O) groups excluding carboxylic acids is 1. The third-order valence-electron chi connectivity index (χ3n) is 5.11. The van der Waals surface area contributed by atoms with Crippen molar-refractivity contribution < 1.29 is 18.7 Å². The first-order valence-corrected chi connectivity index (χ1v) is 8.30. The van der Waals surface area contributed by atoms with E-state index in [1.165, 1.54) is 6.07 Å². The molecule has 1 amide bonds. The number of ether oxygens (including phenoxy) is 2. The second kappa shape index (κ2) is 6.97. The Bertz CT molecular complexity index is 555. The van der Waals surface area contributed by atoms with E-state index in [2.05, 4.69) is 0 Å². The van der Waals surface area contributed by atoms with Crippen LogP contribution in [-0.2, 0) is 20.7 Å². The van der Waals surface area contributed by atoms with Crippen molar-refractivity contribution in [1.82, 2.24) is 4.90 Å². The van der Waals surface area contributed by atoms with Gasteiger partial charge in [0.15, 0.2) is 0 Å². The van der Waals surface area contributed by atoms with E-state index in [1.54, 1.807) is 25.3 Å². The van der Waals surface area contributed by atoms with Gasteiger partial charge >= 0.3 is 0 Å². The number of amides is 1. The van der Waals surface area contributed by atoms with Crippen molar-refractivity contribution in [3.8, 4) is 0 Å². The molecule has 2 aliphatic rings. The Morgan fingerprint density at radius 3 is 2.83 bits per heavy atom. The number of halogens is 1. The van der Waals surface area contributed by atoms with Gasteiger partial charge in [-0.2, -0.15) is 0 Å². The molecule has 126 valence electrons. The lowest BCUT2D eigenvalue weighted by Crippen LogP contribution is -2.52. The first kappa shape index (κ1) is 16.4. The fraction of sp³-hybridized carbons (Fsp3) is 0.611. The number of hydrogen-bond donors (Lipinski definition) is 0. The lowest BCUT2D eigenvalue weighted by molar-refractivity contribution is -0.157. The van der Waals surface area contributed by atoms with Crippen molar-refractivity contribution in [2.75, 3.05) is 26.8 Å². The molecule has 2 saturated heterocycles. The fourth-order valence-corrected chi connectivity index (χ4v) is 3.61. The summed E-state index contributed by atoms with van der Waals surface area (Å²) in [5.41, 5.74) is 0.319. The molecule has 0 saturated carbocycles. The van der Waals surface area contributed by atoms with Crippen LogP contribution in [-0.4, -0.2) is 49.3 Å². The molecule has 0 radical (unpaired) electrons. The highest BCUT2D eigenvalue weighted by atomic mass is 19.1. The fourth-order valence-electron chi connectivity index (χ4n) is 3.61. The maximum Gasteiger partial charge on any atom is 0.227 e. The maximum absolute atomic E-state index is 13.7. The summed E-state index contributed by atoms with van der Waals surface area (Å²) < 4.78 is 25.2. The van der Waals surface area contributed by atoms with E-state index in [0.29, 0.717) is 18.7 Å². The average Bonchev–Trinajstić information content (AvgIpc) is 2.57. The zero-order valence-corrected chi connectivity index (χ0v) is 13.6. The van der Waals surface area contributed by atoms with Gasteiger partial charge in [-0.05, 0) is 30.9 Å². The van der Waals surface area contributed by atoms with Gasteiger partial charge in [-0.3, -0.25) is 4.79 Å². The zero-order valence-electron chi connectivity index (χ0n) is 13.6. The number of methoxy groups -OCH3 is 1. The van der Waals surface area contributed by atoms with Crippen LogP contribution in [0.2, 0.25) is 0 Å². The van der Waals surface area contributed by atoms with Crippen molar-refractivity contribution in [2.45, 2.75) is 43.8 Å². The quantitative estimate of drug-likeness (QED) is 0.859. The second-order valence-electron chi connectivity index (χ2n) is 6.53. The normalized spacial score (nSPS) is 23.9. The van der Waals surface area contributed by atoms with Gasteiger partial charge in [0.1, 0.15) is 5.82 Å². The number of hydrogen-bond acceptors (Lipinski definition) is 3. The standard InChI is InChI=1S/C18H24FNO3/c1-22-15-6-11-23-18(13-15)7-9-20(10-8-18)17(21)12-14-4-2-3-5-16(14)19/h2-5,15H,6-13H2,1H3. The Kier molecular flexibility index (Phi) is 4.97. The smallest absolute Gasteiger partial charge is 0.227 e. The number of benzene rings is 1. The minimum Gasteiger partial charge on any atom is -0.381 e. The Hall–Kier alpha value is -1.46. The molecular weight excluding hydrogens is 297 g/mol. The summed E-state index contributed by atoms with van der Waals surface area (Å²) in [6, 6.07) is 6.47. The minimum atomic E-state index is -0.312. The summed E-state index contributed by atoms with van der Waals surface area (Å²) >= 11 is 0. The monoisotopic (exact) mass is 321 g/mol. The topological polar surface area (TPSA) is 38.8 Å². The van der Waals surface area contributed by atoms with Gasteiger partial charge in [0, 0.05) is 33.2 Å². The number of likely N-dealkylation sites (tertiary alicyclic amines) is 1. The van der Waals surface area contributed by atoms with E-state index in [0.717, 1.165) is 32.3 Å². The summed E-state index contributed by atoms with van der Waals surface area (Å²) in [6.07, 6.45) is 3.88. The number of piperidine rings is 1. The van der Waals surface area contributed by atoms with Crippen LogP contribution in [0.5, 0.6) is 0 Å². The van der Waals surface area contributed by atoms with Crippen LogP contribution in [0.4, 0.5) is 4.39 Å². The molecule has 1 unspecified atom stereocenters. The summed E-state index contributed by atoms with van der Waals surface area (Å²) in [5.74, 6) is -0.322.